The van der Waals surface area contributed by atoms with Gasteiger partial charge in [0.15, 0.2) is 5.96 Å². The molecule has 24 heavy (non-hydrogen) atoms. The first-order valence-corrected chi connectivity index (χ1v) is 8.87. The maximum atomic E-state index is 4.84. The molecular weight excluding hydrogens is 298 g/mol. The molecule has 0 aliphatic carbocycles. The molecule has 2 heterocycles. The maximum absolute atomic E-state index is 4.84. The van der Waals surface area contributed by atoms with Crippen LogP contribution in [-0.4, -0.2) is 40.7 Å². The van der Waals surface area contributed by atoms with Gasteiger partial charge in [-0.2, -0.15) is 5.10 Å². The number of aliphatic imine (C=N–C) groups is 1. The molecule has 0 unspecified atom stereocenters. The normalized spacial score (nSPS) is 14.6. The number of aromatic amines is 1. The van der Waals surface area contributed by atoms with Crippen LogP contribution in [0, 0.1) is 6.92 Å². The smallest absolute Gasteiger partial charge is 0.194 e. The van der Waals surface area contributed by atoms with E-state index in [0.29, 0.717) is 0 Å². The van der Waals surface area contributed by atoms with Crippen LogP contribution in [0.4, 0.5) is 0 Å². The standard InChI is InChI=1S/C19H27N5/c1-3-20-19(21-11-6-9-17-13-22-23-15(17)2)24-12-10-16-7-4-5-8-18(16)14-24/h4-5,7-8,13H,3,6,9-12,14H2,1-2H3,(H,20,21)(H,22,23). The third-order valence-electron chi connectivity index (χ3n) is 4.57. The van der Waals surface area contributed by atoms with Gasteiger partial charge >= 0.3 is 0 Å². The highest BCUT2D eigenvalue weighted by molar-refractivity contribution is 5.80. The van der Waals surface area contributed by atoms with E-state index in [1.807, 2.05) is 6.20 Å². The quantitative estimate of drug-likeness (QED) is 0.505. The molecule has 0 radical (unpaired) electrons. The highest BCUT2D eigenvalue weighted by atomic mass is 15.3. The summed E-state index contributed by atoms with van der Waals surface area (Å²) in [6, 6.07) is 8.72. The number of benzene rings is 1. The third-order valence-corrected chi connectivity index (χ3v) is 4.57. The number of H-pyrrole nitrogens is 1. The Balaban J connectivity index is 1.59. The molecule has 2 aromatic rings. The van der Waals surface area contributed by atoms with Crippen LogP contribution in [0.5, 0.6) is 0 Å². The Morgan fingerprint density at radius 1 is 1.33 bits per heavy atom. The molecule has 1 aliphatic rings. The molecule has 0 spiro atoms. The molecule has 2 N–H and O–H groups in total. The summed E-state index contributed by atoms with van der Waals surface area (Å²) >= 11 is 0. The number of nitrogens with one attached hydrogen (secondary N) is 2. The second-order valence-electron chi connectivity index (χ2n) is 6.30. The molecule has 0 saturated heterocycles. The van der Waals surface area contributed by atoms with Crippen molar-refractivity contribution in [2.75, 3.05) is 19.6 Å². The van der Waals surface area contributed by atoms with E-state index >= 15 is 0 Å². The molecule has 0 fully saturated rings. The van der Waals surface area contributed by atoms with E-state index in [1.165, 1.54) is 22.4 Å². The predicted octanol–water partition coefficient (Wildman–Crippen LogP) is 2.67. The fraction of sp³-hybridized carbons (Fsp3) is 0.474. The molecule has 3 rings (SSSR count). The lowest BCUT2D eigenvalue weighted by molar-refractivity contribution is 0.378. The monoisotopic (exact) mass is 325 g/mol. The number of aryl methyl sites for hydroxylation is 2. The van der Waals surface area contributed by atoms with E-state index in [-0.39, 0.29) is 0 Å². The lowest BCUT2D eigenvalue weighted by Gasteiger charge is -2.31. The molecule has 5 nitrogen and oxygen atoms in total. The van der Waals surface area contributed by atoms with E-state index in [4.69, 9.17) is 4.99 Å². The van der Waals surface area contributed by atoms with Crippen LogP contribution < -0.4 is 5.32 Å². The molecule has 0 bridgehead atoms. The van der Waals surface area contributed by atoms with Crippen LogP contribution in [0.1, 0.15) is 35.7 Å². The number of hydrogen-bond donors (Lipinski definition) is 2. The topological polar surface area (TPSA) is 56.3 Å². The van der Waals surface area contributed by atoms with Gasteiger partial charge in [0, 0.05) is 31.9 Å². The summed E-state index contributed by atoms with van der Waals surface area (Å²) in [4.78, 5) is 7.21. The average molecular weight is 325 g/mol. The Morgan fingerprint density at radius 3 is 2.92 bits per heavy atom. The number of fused-ring (bicyclic) bond motifs is 1. The largest absolute Gasteiger partial charge is 0.357 e. The highest BCUT2D eigenvalue weighted by Crippen LogP contribution is 2.18. The van der Waals surface area contributed by atoms with Gasteiger partial charge in [-0.25, -0.2) is 0 Å². The zero-order valence-electron chi connectivity index (χ0n) is 14.7. The molecule has 0 atom stereocenters. The van der Waals surface area contributed by atoms with Gasteiger partial charge in [-0.1, -0.05) is 24.3 Å². The Labute approximate surface area is 144 Å². The van der Waals surface area contributed by atoms with Crippen LogP contribution in [0.3, 0.4) is 0 Å². The molecule has 128 valence electrons. The van der Waals surface area contributed by atoms with Crippen molar-refractivity contribution < 1.29 is 0 Å². The summed E-state index contributed by atoms with van der Waals surface area (Å²) in [6.07, 6.45) is 5.08. The highest BCUT2D eigenvalue weighted by Gasteiger charge is 2.18. The number of aromatic nitrogens is 2. The molecule has 1 aromatic carbocycles. The van der Waals surface area contributed by atoms with E-state index in [0.717, 1.165) is 51.4 Å². The van der Waals surface area contributed by atoms with Gasteiger partial charge in [0.2, 0.25) is 0 Å². The van der Waals surface area contributed by atoms with Crippen molar-refractivity contribution in [2.45, 2.75) is 39.7 Å². The molecule has 1 aliphatic heterocycles. The molecule has 5 heteroatoms. The number of nitrogens with zero attached hydrogens (tertiary/aromatic N) is 3. The van der Waals surface area contributed by atoms with Gasteiger partial charge in [-0.15, -0.1) is 0 Å². The molecular formula is C19H27N5. The fourth-order valence-electron chi connectivity index (χ4n) is 3.18. The number of guanidine groups is 1. The van der Waals surface area contributed by atoms with Crippen molar-refractivity contribution in [1.29, 1.82) is 0 Å². The van der Waals surface area contributed by atoms with Crippen LogP contribution in [0.15, 0.2) is 35.5 Å². The summed E-state index contributed by atoms with van der Waals surface area (Å²) in [5, 5.41) is 10.5. The van der Waals surface area contributed by atoms with Gasteiger partial charge in [-0.3, -0.25) is 10.1 Å². The Hall–Kier alpha value is -2.30. The van der Waals surface area contributed by atoms with Crippen LogP contribution in [0.25, 0.3) is 0 Å². The molecule has 0 saturated carbocycles. The third kappa shape index (κ3) is 3.96. The van der Waals surface area contributed by atoms with E-state index < -0.39 is 0 Å². The van der Waals surface area contributed by atoms with E-state index in [2.05, 4.69) is 58.5 Å². The number of rotatable bonds is 5. The summed E-state index contributed by atoms with van der Waals surface area (Å²) in [6.45, 7) is 7.92. The summed E-state index contributed by atoms with van der Waals surface area (Å²) in [5.74, 6) is 1.04. The van der Waals surface area contributed by atoms with Crippen molar-refractivity contribution in [3.8, 4) is 0 Å². The van der Waals surface area contributed by atoms with Crippen molar-refractivity contribution in [2.24, 2.45) is 4.99 Å². The minimum atomic E-state index is 0.838. The second kappa shape index (κ2) is 7.99. The number of hydrogen-bond acceptors (Lipinski definition) is 2. The minimum Gasteiger partial charge on any atom is -0.357 e. The van der Waals surface area contributed by atoms with Crippen molar-refractivity contribution in [3.63, 3.8) is 0 Å². The van der Waals surface area contributed by atoms with Crippen LogP contribution in [-0.2, 0) is 19.4 Å². The molecule has 1 aromatic heterocycles. The fourth-order valence-corrected chi connectivity index (χ4v) is 3.18. The summed E-state index contributed by atoms with van der Waals surface area (Å²) < 4.78 is 0. The van der Waals surface area contributed by atoms with E-state index in [9.17, 15) is 0 Å². The first kappa shape index (κ1) is 16.6. The van der Waals surface area contributed by atoms with Gasteiger partial charge < -0.3 is 10.2 Å². The van der Waals surface area contributed by atoms with Gasteiger partial charge in [0.25, 0.3) is 0 Å². The van der Waals surface area contributed by atoms with E-state index in [1.54, 1.807) is 0 Å². The summed E-state index contributed by atoms with van der Waals surface area (Å²) in [7, 11) is 0. The van der Waals surface area contributed by atoms with Crippen molar-refractivity contribution in [1.82, 2.24) is 20.4 Å². The van der Waals surface area contributed by atoms with Gasteiger partial charge in [-0.05, 0) is 49.8 Å². The SMILES string of the molecule is CCNC(=NCCCc1cn[nH]c1C)N1CCc2ccccc2C1. The second-order valence-corrected chi connectivity index (χ2v) is 6.30. The first-order valence-electron chi connectivity index (χ1n) is 8.87. The lowest BCUT2D eigenvalue weighted by atomic mass is 10.0. The zero-order chi connectivity index (χ0) is 16.8. The van der Waals surface area contributed by atoms with Gasteiger partial charge in [0.05, 0.1) is 6.20 Å². The Morgan fingerprint density at radius 2 is 2.17 bits per heavy atom. The summed E-state index contributed by atoms with van der Waals surface area (Å²) in [5.41, 5.74) is 5.35. The van der Waals surface area contributed by atoms with Crippen molar-refractivity contribution >= 4 is 5.96 Å². The Kier molecular flexibility index (Phi) is 5.51. The predicted molar refractivity (Wildman–Crippen MR) is 98.2 cm³/mol. The van der Waals surface area contributed by atoms with Crippen LogP contribution in [0.2, 0.25) is 0 Å². The zero-order valence-corrected chi connectivity index (χ0v) is 14.7. The minimum absolute atomic E-state index is 0.838. The van der Waals surface area contributed by atoms with Crippen LogP contribution >= 0.6 is 0 Å². The maximum Gasteiger partial charge on any atom is 0.194 e. The molecule has 0 amide bonds. The average Bonchev–Trinajstić information content (AvgIpc) is 3.02. The lowest BCUT2D eigenvalue weighted by Crippen LogP contribution is -2.44. The van der Waals surface area contributed by atoms with Crippen molar-refractivity contribution in [3.05, 3.63) is 52.8 Å². The first-order chi connectivity index (χ1) is 11.8. The van der Waals surface area contributed by atoms with Gasteiger partial charge in [0.1, 0.15) is 0 Å². The Bertz CT molecular complexity index is 689.